The Morgan fingerprint density at radius 1 is 1.07 bits per heavy atom. The van der Waals surface area contributed by atoms with Gasteiger partial charge in [-0.3, -0.25) is 0 Å². The van der Waals surface area contributed by atoms with Crippen molar-refractivity contribution in [3.8, 4) is 5.75 Å². The monoisotopic (exact) mass is 393 g/mol. The Morgan fingerprint density at radius 2 is 1.86 bits per heavy atom. The second-order valence-corrected chi connectivity index (χ2v) is 7.84. The molecule has 0 unspecified atom stereocenters. The normalized spacial score (nSPS) is 17.2. The van der Waals surface area contributed by atoms with E-state index in [1.54, 1.807) is 4.90 Å². The summed E-state index contributed by atoms with van der Waals surface area (Å²) in [5.74, 6) is 0.787. The van der Waals surface area contributed by atoms with Gasteiger partial charge in [-0.15, -0.1) is 0 Å². The van der Waals surface area contributed by atoms with Gasteiger partial charge in [0.2, 0.25) is 0 Å². The predicted octanol–water partition coefficient (Wildman–Crippen LogP) is 1.87. The molecule has 2 aliphatic rings. The summed E-state index contributed by atoms with van der Waals surface area (Å²) < 4.78 is 17.0. The highest BCUT2D eigenvalue weighted by Gasteiger charge is 2.22. The van der Waals surface area contributed by atoms with Crippen LogP contribution in [0.3, 0.4) is 0 Å². The van der Waals surface area contributed by atoms with Crippen LogP contribution in [0.2, 0.25) is 0 Å². The first kappa shape index (κ1) is 18.2. The molecule has 0 radical (unpaired) electrons. The summed E-state index contributed by atoms with van der Waals surface area (Å²) >= 11 is 0. The number of hydrogen-bond donors (Lipinski definition) is 1. The van der Waals surface area contributed by atoms with Crippen molar-refractivity contribution in [2.24, 2.45) is 0 Å². The van der Waals surface area contributed by atoms with Crippen molar-refractivity contribution >= 4 is 16.7 Å². The number of hydrogen-bond acceptors (Lipinski definition) is 5. The highest BCUT2D eigenvalue weighted by atomic mass is 16.5. The number of nitrogens with one attached hydrogen (secondary N) is 1. The van der Waals surface area contributed by atoms with Crippen LogP contribution in [0, 0.1) is 6.92 Å². The molecule has 0 spiro atoms. The van der Waals surface area contributed by atoms with Crippen LogP contribution in [0.15, 0.2) is 51.7 Å². The minimum Gasteiger partial charge on any atom is -0.473 e. The minimum absolute atomic E-state index is 0.324. The van der Waals surface area contributed by atoms with Crippen LogP contribution >= 0.6 is 0 Å². The van der Waals surface area contributed by atoms with E-state index in [-0.39, 0.29) is 5.63 Å². The molecule has 0 amide bonds. The third-order valence-corrected chi connectivity index (χ3v) is 5.86. The van der Waals surface area contributed by atoms with Crippen molar-refractivity contribution < 1.29 is 18.8 Å². The zero-order valence-electron chi connectivity index (χ0n) is 16.6. The predicted molar refractivity (Wildman–Crippen MR) is 111 cm³/mol. The van der Waals surface area contributed by atoms with Gasteiger partial charge in [0.15, 0.2) is 6.73 Å². The fourth-order valence-corrected chi connectivity index (χ4v) is 4.21. The lowest BCUT2D eigenvalue weighted by Gasteiger charge is -2.31. The summed E-state index contributed by atoms with van der Waals surface area (Å²) in [5, 5.41) is 0.956. The average molecular weight is 393 g/mol. The molecule has 1 N–H and O–H groups in total. The third-order valence-electron chi connectivity index (χ3n) is 5.86. The first-order valence-corrected chi connectivity index (χ1v) is 10.1. The van der Waals surface area contributed by atoms with Gasteiger partial charge in [0.05, 0.1) is 25.3 Å². The number of anilines is 1. The molecule has 0 bridgehead atoms. The fourth-order valence-electron chi connectivity index (χ4n) is 4.21. The van der Waals surface area contributed by atoms with Gasteiger partial charge in [-0.1, -0.05) is 12.1 Å². The van der Waals surface area contributed by atoms with Gasteiger partial charge >= 0.3 is 5.63 Å². The zero-order chi connectivity index (χ0) is 19.8. The molecule has 3 heterocycles. The van der Waals surface area contributed by atoms with Gasteiger partial charge < -0.3 is 23.7 Å². The summed E-state index contributed by atoms with van der Waals surface area (Å²) in [6.07, 6.45) is 0. The Bertz CT molecular complexity index is 1080. The van der Waals surface area contributed by atoms with E-state index >= 15 is 0 Å². The third kappa shape index (κ3) is 3.61. The number of benzene rings is 2. The number of nitrogens with zero attached hydrogens (tertiary/aromatic N) is 1. The second-order valence-electron chi connectivity index (χ2n) is 7.84. The number of rotatable bonds is 3. The highest BCUT2D eigenvalue weighted by molar-refractivity contribution is 5.85. The first-order valence-electron chi connectivity index (χ1n) is 10.1. The van der Waals surface area contributed by atoms with Crippen LogP contribution in [-0.4, -0.2) is 33.0 Å². The standard InChI is InChI=1S/C23H24N2O4/c1-16-12-22(26)29-23-19(16)6-7-21-20(23)14-25(15-28-21)18-4-2-17(3-5-18)13-24-8-10-27-11-9-24/h2-7,12H,8-11,13-15H2,1H3/p+1. The van der Waals surface area contributed by atoms with Crippen LogP contribution in [0.5, 0.6) is 5.75 Å². The van der Waals surface area contributed by atoms with E-state index in [0.29, 0.717) is 18.9 Å². The van der Waals surface area contributed by atoms with Crippen LogP contribution in [-0.2, 0) is 17.8 Å². The van der Waals surface area contributed by atoms with E-state index in [1.807, 2.05) is 19.1 Å². The molecule has 6 heteroatoms. The molecule has 6 nitrogen and oxygen atoms in total. The molecule has 1 aromatic heterocycles. The topological polar surface area (TPSA) is 56.3 Å². The van der Waals surface area contributed by atoms with E-state index in [1.165, 1.54) is 11.6 Å². The van der Waals surface area contributed by atoms with Crippen LogP contribution < -0.4 is 20.2 Å². The Hall–Kier alpha value is -2.83. The molecular formula is C23H25N2O4+. The Labute approximate surface area is 169 Å². The fraction of sp³-hybridized carbons (Fsp3) is 0.348. The van der Waals surface area contributed by atoms with Crippen molar-refractivity contribution in [2.75, 3.05) is 37.9 Å². The zero-order valence-corrected chi connectivity index (χ0v) is 16.6. The van der Waals surface area contributed by atoms with Crippen molar-refractivity contribution in [3.05, 3.63) is 69.6 Å². The van der Waals surface area contributed by atoms with Crippen molar-refractivity contribution in [1.29, 1.82) is 0 Å². The van der Waals surface area contributed by atoms with E-state index in [2.05, 4.69) is 29.2 Å². The van der Waals surface area contributed by atoms with Crippen LogP contribution in [0.4, 0.5) is 5.69 Å². The van der Waals surface area contributed by atoms with Gasteiger partial charge in [-0.25, -0.2) is 4.79 Å². The highest BCUT2D eigenvalue weighted by Crippen LogP contribution is 2.34. The molecule has 29 heavy (non-hydrogen) atoms. The molecule has 1 saturated heterocycles. The average Bonchev–Trinajstić information content (AvgIpc) is 2.74. The molecule has 2 aromatic carbocycles. The van der Waals surface area contributed by atoms with Gasteiger partial charge in [0.25, 0.3) is 0 Å². The van der Waals surface area contributed by atoms with Crippen LogP contribution in [0.25, 0.3) is 11.0 Å². The molecule has 1 fully saturated rings. The lowest BCUT2D eigenvalue weighted by molar-refractivity contribution is -0.921. The molecule has 5 rings (SSSR count). The molecule has 2 aliphatic heterocycles. The number of ether oxygens (including phenoxy) is 2. The SMILES string of the molecule is Cc1cc(=O)oc2c3c(ccc12)OCN(c1ccc(C[NH+]2CCOCC2)cc1)C3. The van der Waals surface area contributed by atoms with Gasteiger partial charge in [-0.2, -0.15) is 0 Å². The van der Waals surface area contributed by atoms with E-state index in [0.717, 1.165) is 60.8 Å². The summed E-state index contributed by atoms with van der Waals surface area (Å²) in [6.45, 7) is 7.91. The van der Waals surface area contributed by atoms with E-state index in [9.17, 15) is 4.79 Å². The lowest BCUT2D eigenvalue weighted by atomic mass is 10.0. The summed E-state index contributed by atoms with van der Waals surface area (Å²) in [5.41, 5.74) is 4.59. The van der Waals surface area contributed by atoms with Gasteiger partial charge in [0, 0.05) is 22.7 Å². The quantitative estimate of drug-likeness (QED) is 0.689. The Morgan fingerprint density at radius 3 is 2.66 bits per heavy atom. The molecule has 3 aromatic rings. The molecule has 0 saturated carbocycles. The Balaban J connectivity index is 1.39. The molecule has 0 atom stereocenters. The maximum absolute atomic E-state index is 11.9. The lowest BCUT2D eigenvalue weighted by Crippen LogP contribution is -3.12. The summed E-state index contributed by atoms with van der Waals surface area (Å²) in [7, 11) is 0. The maximum Gasteiger partial charge on any atom is 0.336 e. The Kier molecular flexibility index (Phi) is 4.73. The van der Waals surface area contributed by atoms with Crippen molar-refractivity contribution in [1.82, 2.24) is 0 Å². The van der Waals surface area contributed by atoms with E-state index < -0.39 is 0 Å². The molecular weight excluding hydrogens is 368 g/mol. The van der Waals surface area contributed by atoms with Crippen molar-refractivity contribution in [3.63, 3.8) is 0 Å². The van der Waals surface area contributed by atoms with Gasteiger partial charge in [-0.05, 0) is 36.8 Å². The van der Waals surface area contributed by atoms with Crippen molar-refractivity contribution in [2.45, 2.75) is 20.0 Å². The minimum atomic E-state index is -0.324. The second kappa shape index (κ2) is 7.54. The number of aryl methyl sites for hydroxylation is 1. The number of fused-ring (bicyclic) bond motifs is 3. The van der Waals surface area contributed by atoms with Crippen LogP contribution in [0.1, 0.15) is 16.7 Å². The van der Waals surface area contributed by atoms with Gasteiger partial charge in [0.1, 0.15) is 31.0 Å². The summed E-state index contributed by atoms with van der Waals surface area (Å²) in [4.78, 5) is 15.6. The molecule has 150 valence electrons. The maximum atomic E-state index is 11.9. The molecule has 0 aliphatic carbocycles. The summed E-state index contributed by atoms with van der Waals surface area (Å²) in [6, 6.07) is 14.2. The number of quaternary nitrogens is 1. The van der Waals surface area contributed by atoms with E-state index in [4.69, 9.17) is 13.9 Å². The number of morpholine rings is 1. The smallest absolute Gasteiger partial charge is 0.336 e. The first-order chi connectivity index (χ1) is 14.2. The largest absolute Gasteiger partial charge is 0.473 e.